The number of β-amino-alcohol motifs (C(OH)–C–C–N with tert-alkyl or cyclic N) is 1. The Kier molecular flexibility index (Phi) is 3.26. The number of aliphatic hydroxyl groups excluding tert-OH is 1. The number of hydrogen-bond donors (Lipinski definition) is 2. The number of carbonyl (C=O) groups excluding carboxylic acids is 1. The van der Waals surface area contributed by atoms with Crippen molar-refractivity contribution in [2.45, 2.75) is 6.10 Å². The van der Waals surface area contributed by atoms with Crippen LogP contribution in [0.15, 0.2) is 0 Å². The second-order valence-electron chi connectivity index (χ2n) is 2.53. The lowest BCUT2D eigenvalue weighted by Crippen LogP contribution is -2.42. The van der Waals surface area contributed by atoms with E-state index >= 15 is 0 Å². The maximum absolute atomic E-state index is 11.2. The highest BCUT2D eigenvalue weighted by Crippen LogP contribution is 2.09. The lowest BCUT2D eigenvalue weighted by molar-refractivity contribution is -0.0326. The molecule has 0 aliphatic carbocycles. The first-order valence-electron chi connectivity index (χ1n) is 3.65. The van der Waals surface area contributed by atoms with E-state index in [4.69, 9.17) is 5.11 Å². The average molecular weight is 226 g/mol. The number of nitrogens with one attached hydrogen (secondary N) is 1. The molecule has 1 amide bonds. The quantitative estimate of drug-likeness (QED) is 0.575. The van der Waals surface area contributed by atoms with Crippen molar-refractivity contribution in [3.05, 3.63) is 0 Å². The summed E-state index contributed by atoms with van der Waals surface area (Å²) in [4.78, 5) is 15.2. The molecule has 1 aliphatic rings. The van der Waals surface area contributed by atoms with Crippen molar-refractivity contribution in [3.63, 3.8) is 0 Å². The van der Waals surface area contributed by atoms with Crippen molar-refractivity contribution < 1.29 is 27.9 Å². The smallest absolute Gasteiger partial charge is 0.421 e. The van der Waals surface area contributed by atoms with E-state index in [0.717, 1.165) is 7.11 Å². The summed E-state index contributed by atoms with van der Waals surface area (Å²) in [7, 11) is -3.05. The Morgan fingerprint density at radius 2 is 2.36 bits per heavy atom. The van der Waals surface area contributed by atoms with E-state index < -0.39 is 22.4 Å². The van der Waals surface area contributed by atoms with Crippen LogP contribution in [0.5, 0.6) is 0 Å². The van der Waals surface area contributed by atoms with Crippen molar-refractivity contribution in [3.8, 4) is 0 Å². The summed E-state index contributed by atoms with van der Waals surface area (Å²) in [6.07, 6.45) is -2.00. The molecule has 0 unspecified atom stereocenters. The molecular formula is C5H10N2O6S. The van der Waals surface area contributed by atoms with Gasteiger partial charge in [-0.3, -0.25) is 4.84 Å². The van der Waals surface area contributed by atoms with Crippen molar-refractivity contribution in [1.29, 1.82) is 0 Å². The minimum Gasteiger partial charge on any atom is -0.452 e. The van der Waals surface area contributed by atoms with E-state index in [9.17, 15) is 13.2 Å². The lowest BCUT2D eigenvalue weighted by Gasteiger charge is -2.13. The van der Waals surface area contributed by atoms with Crippen LogP contribution in [-0.4, -0.2) is 50.5 Å². The van der Waals surface area contributed by atoms with Gasteiger partial charge in [0, 0.05) is 0 Å². The molecule has 1 atom stereocenters. The van der Waals surface area contributed by atoms with Gasteiger partial charge in [-0.1, -0.05) is 4.47 Å². The van der Waals surface area contributed by atoms with Gasteiger partial charge in [0.15, 0.2) is 0 Å². The lowest BCUT2D eigenvalue weighted by atomic mass is 10.4. The zero-order valence-corrected chi connectivity index (χ0v) is 8.15. The van der Waals surface area contributed by atoms with Gasteiger partial charge in [-0.25, -0.2) is 9.52 Å². The number of hydrogen-bond acceptors (Lipinski definition) is 6. The third-order valence-electron chi connectivity index (χ3n) is 1.44. The first-order chi connectivity index (χ1) is 6.45. The fourth-order valence-electron chi connectivity index (χ4n) is 0.812. The van der Waals surface area contributed by atoms with E-state index in [1.165, 1.54) is 0 Å². The Bertz CT molecular complexity index is 314. The summed E-state index contributed by atoms with van der Waals surface area (Å²) >= 11 is 0. The third kappa shape index (κ3) is 2.54. The van der Waals surface area contributed by atoms with Gasteiger partial charge in [0.1, 0.15) is 0 Å². The molecule has 0 aromatic rings. The fraction of sp³-hybridized carbons (Fsp3) is 0.800. The number of ether oxygens (including phenoxy) is 1. The maximum Gasteiger partial charge on any atom is 0.421 e. The van der Waals surface area contributed by atoms with Crippen molar-refractivity contribution in [2.75, 3.05) is 20.3 Å². The molecule has 14 heavy (non-hydrogen) atoms. The van der Waals surface area contributed by atoms with E-state index in [2.05, 4.69) is 9.57 Å². The highest BCUT2D eigenvalue weighted by atomic mass is 32.2. The summed E-state index contributed by atoms with van der Waals surface area (Å²) < 4.78 is 28.6. The van der Waals surface area contributed by atoms with Gasteiger partial charge in [-0.15, -0.1) is 0 Å². The van der Waals surface area contributed by atoms with E-state index in [1.54, 1.807) is 4.72 Å². The number of carbonyl (C=O) groups is 1. The molecule has 0 spiro atoms. The Balaban J connectivity index is 2.62. The first-order valence-corrected chi connectivity index (χ1v) is 5.09. The minimum absolute atomic E-state index is 0.123. The Morgan fingerprint density at radius 1 is 1.71 bits per heavy atom. The summed E-state index contributed by atoms with van der Waals surface area (Å²) in [6.45, 7) is -0.339. The summed E-state index contributed by atoms with van der Waals surface area (Å²) in [6, 6.07) is 0. The zero-order valence-electron chi connectivity index (χ0n) is 7.34. The normalized spacial score (nSPS) is 23.4. The van der Waals surface area contributed by atoms with E-state index in [0.29, 0.717) is 4.47 Å². The van der Waals surface area contributed by atoms with E-state index in [1.807, 2.05) is 0 Å². The molecule has 1 heterocycles. The highest BCUT2D eigenvalue weighted by Gasteiger charge is 2.33. The van der Waals surface area contributed by atoms with Gasteiger partial charge in [0.25, 0.3) is 0 Å². The number of methoxy groups -OCH3 is 1. The highest BCUT2D eigenvalue weighted by molar-refractivity contribution is 7.87. The van der Waals surface area contributed by atoms with Gasteiger partial charge < -0.3 is 9.84 Å². The van der Waals surface area contributed by atoms with Gasteiger partial charge in [-0.05, 0) is 0 Å². The Labute approximate surface area is 80.5 Å². The molecule has 82 valence electrons. The SMILES string of the molecule is COC(=O)NS(=O)(=O)N1C[C@@H](O)CO1. The Hall–Kier alpha value is -0.900. The maximum atomic E-state index is 11.2. The van der Waals surface area contributed by atoms with Crippen LogP contribution in [0.2, 0.25) is 0 Å². The minimum atomic E-state index is -4.08. The number of rotatable bonds is 2. The van der Waals surface area contributed by atoms with Crippen LogP contribution >= 0.6 is 0 Å². The molecule has 1 aliphatic heterocycles. The largest absolute Gasteiger partial charge is 0.452 e. The molecule has 0 bridgehead atoms. The molecule has 1 saturated heterocycles. The molecule has 0 saturated carbocycles. The van der Waals surface area contributed by atoms with Crippen LogP contribution in [0, 0.1) is 0 Å². The second-order valence-corrected chi connectivity index (χ2v) is 4.10. The predicted molar refractivity (Wildman–Crippen MR) is 43.1 cm³/mol. The predicted octanol–water partition coefficient (Wildman–Crippen LogP) is -1.80. The number of amides is 1. The van der Waals surface area contributed by atoms with Crippen LogP contribution in [-0.2, 0) is 19.8 Å². The van der Waals surface area contributed by atoms with Gasteiger partial charge in [0.2, 0.25) is 0 Å². The first kappa shape index (κ1) is 11.2. The summed E-state index contributed by atoms with van der Waals surface area (Å²) in [5, 5.41) is 8.98. The van der Waals surface area contributed by atoms with Crippen LogP contribution < -0.4 is 4.72 Å². The molecule has 0 radical (unpaired) electrons. The number of aliphatic hydroxyl groups is 1. The van der Waals surface area contributed by atoms with Gasteiger partial charge in [0.05, 0.1) is 26.4 Å². The van der Waals surface area contributed by atoms with Crippen molar-refractivity contribution in [1.82, 2.24) is 9.19 Å². The molecule has 2 N–H and O–H groups in total. The van der Waals surface area contributed by atoms with Crippen molar-refractivity contribution >= 4 is 16.3 Å². The topological polar surface area (TPSA) is 105 Å². The molecule has 0 aromatic carbocycles. The average Bonchev–Trinajstić information content (AvgIpc) is 2.51. The van der Waals surface area contributed by atoms with Crippen LogP contribution in [0.3, 0.4) is 0 Å². The van der Waals surface area contributed by atoms with Gasteiger partial charge >= 0.3 is 16.3 Å². The second kappa shape index (κ2) is 4.09. The Morgan fingerprint density at radius 3 is 2.79 bits per heavy atom. The molecule has 1 fully saturated rings. The van der Waals surface area contributed by atoms with Gasteiger partial charge in [-0.2, -0.15) is 8.42 Å². The zero-order chi connectivity index (χ0) is 10.8. The van der Waals surface area contributed by atoms with Crippen LogP contribution in [0.4, 0.5) is 4.79 Å². The molecule has 8 nitrogen and oxygen atoms in total. The third-order valence-corrected chi connectivity index (χ3v) is 2.65. The standard InChI is InChI=1S/C5H10N2O6S/c1-12-5(9)6-14(10,11)7-2-4(8)3-13-7/h4,8H,2-3H2,1H3,(H,6,9)/t4-/m1/s1. The number of nitrogens with zero attached hydrogens (tertiary/aromatic N) is 1. The molecule has 9 heteroatoms. The summed E-state index contributed by atoms with van der Waals surface area (Å²) in [5.41, 5.74) is 0. The summed E-state index contributed by atoms with van der Waals surface area (Å²) in [5.74, 6) is 0. The molecule has 0 aromatic heterocycles. The molecule has 1 rings (SSSR count). The monoisotopic (exact) mass is 226 g/mol. The fourth-order valence-corrected chi connectivity index (χ4v) is 1.78. The van der Waals surface area contributed by atoms with Crippen molar-refractivity contribution in [2.24, 2.45) is 0 Å². The van der Waals surface area contributed by atoms with E-state index in [-0.39, 0.29) is 13.2 Å². The number of hydroxylamine groups is 1. The molecular weight excluding hydrogens is 216 g/mol. The van der Waals surface area contributed by atoms with Crippen LogP contribution in [0.25, 0.3) is 0 Å². The van der Waals surface area contributed by atoms with Crippen LogP contribution in [0.1, 0.15) is 0 Å².